The second-order valence-corrected chi connectivity index (χ2v) is 8.04. The summed E-state index contributed by atoms with van der Waals surface area (Å²) < 4.78 is 1.55. The molecule has 1 aromatic heterocycles. The lowest BCUT2D eigenvalue weighted by molar-refractivity contribution is -0.121. The fraction of sp³-hybridized carbons (Fsp3) is 0.737. The van der Waals surface area contributed by atoms with Crippen molar-refractivity contribution in [3.05, 3.63) is 22.1 Å². The maximum atomic E-state index is 12.8. The summed E-state index contributed by atoms with van der Waals surface area (Å²) in [6, 6.07) is 1.89. The smallest absolute Gasteiger partial charge is 0.254 e. The molecule has 6 heteroatoms. The number of carbonyl (C=O) groups excluding carboxylic acids is 1. The van der Waals surface area contributed by atoms with Gasteiger partial charge in [-0.15, -0.1) is 0 Å². The number of nitrogens with zero attached hydrogens (tertiary/aromatic N) is 2. The molecule has 0 spiro atoms. The Kier molecular flexibility index (Phi) is 8.00. The highest BCUT2D eigenvalue weighted by Crippen LogP contribution is 2.26. The molecule has 1 amide bonds. The number of hydrogen-bond donors (Lipinski definition) is 1. The van der Waals surface area contributed by atoms with Crippen LogP contribution >= 0.6 is 11.8 Å². The molecule has 1 unspecified atom stereocenters. The summed E-state index contributed by atoms with van der Waals surface area (Å²) in [6.07, 6.45) is 9.42. The van der Waals surface area contributed by atoms with Gasteiger partial charge in [0.2, 0.25) is 5.91 Å². The Bertz CT molecular complexity index is 624. The largest absolute Gasteiger partial charge is 0.352 e. The van der Waals surface area contributed by atoms with Crippen LogP contribution in [-0.2, 0) is 18.3 Å². The molecule has 1 aliphatic rings. The summed E-state index contributed by atoms with van der Waals surface area (Å²) in [7, 11) is 1.73. The number of amides is 1. The lowest BCUT2D eigenvalue weighted by Crippen LogP contribution is -2.41. The van der Waals surface area contributed by atoms with Crippen LogP contribution < -0.4 is 10.9 Å². The number of aryl methyl sites for hydroxylation is 1. The van der Waals surface area contributed by atoms with Gasteiger partial charge in [0.05, 0.1) is 5.25 Å². The van der Waals surface area contributed by atoms with E-state index in [9.17, 15) is 9.59 Å². The van der Waals surface area contributed by atoms with E-state index in [4.69, 9.17) is 0 Å². The Morgan fingerprint density at radius 1 is 1.36 bits per heavy atom. The minimum Gasteiger partial charge on any atom is -0.352 e. The predicted octanol–water partition coefficient (Wildman–Crippen LogP) is 3.44. The molecule has 1 atom stereocenters. The van der Waals surface area contributed by atoms with Gasteiger partial charge in [0.25, 0.3) is 5.56 Å². The summed E-state index contributed by atoms with van der Waals surface area (Å²) in [4.78, 5) is 29.5. The second kappa shape index (κ2) is 10.00. The van der Waals surface area contributed by atoms with Crippen LogP contribution in [0.5, 0.6) is 0 Å². The van der Waals surface area contributed by atoms with E-state index in [0.717, 1.165) is 44.2 Å². The van der Waals surface area contributed by atoms with Crippen LogP contribution in [0.2, 0.25) is 0 Å². The molecule has 1 saturated carbocycles. The van der Waals surface area contributed by atoms with Crippen LogP contribution in [0.3, 0.4) is 0 Å². The Balaban J connectivity index is 2.12. The molecule has 1 N–H and O–H groups in total. The number of thioether (sulfide) groups is 1. The molecule has 0 aromatic carbocycles. The van der Waals surface area contributed by atoms with Crippen LogP contribution in [-0.4, -0.2) is 26.8 Å². The van der Waals surface area contributed by atoms with Crippen molar-refractivity contribution >= 4 is 17.7 Å². The Hall–Kier alpha value is -1.30. The zero-order valence-corrected chi connectivity index (χ0v) is 16.5. The van der Waals surface area contributed by atoms with Crippen molar-refractivity contribution in [1.29, 1.82) is 0 Å². The van der Waals surface area contributed by atoms with Crippen molar-refractivity contribution in [3.63, 3.8) is 0 Å². The van der Waals surface area contributed by atoms with E-state index < -0.39 is 0 Å². The van der Waals surface area contributed by atoms with Gasteiger partial charge in [-0.1, -0.05) is 57.7 Å². The number of rotatable bonds is 8. The second-order valence-electron chi connectivity index (χ2n) is 6.87. The van der Waals surface area contributed by atoms with E-state index in [0.29, 0.717) is 11.2 Å². The number of nitrogens with one attached hydrogen (secondary N) is 1. The quantitative estimate of drug-likeness (QED) is 0.566. The van der Waals surface area contributed by atoms with Gasteiger partial charge in [-0.05, 0) is 25.7 Å². The number of aromatic nitrogens is 2. The molecule has 1 aliphatic carbocycles. The first-order valence-electron chi connectivity index (χ1n) is 9.59. The van der Waals surface area contributed by atoms with Crippen molar-refractivity contribution in [2.45, 2.75) is 88.1 Å². The fourth-order valence-corrected chi connectivity index (χ4v) is 4.28. The molecule has 25 heavy (non-hydrogen) atoms. The number of unbranched alkanes of at least 4 members (excludes halogenated alkanes) is 1. The SMILES string of the molecule is CCCCC(Sc1nc(CC)cc(=O)n1C)C(=O)NC1CCCCC1. The van der Waals surface area contributed by atoms with Crippen LogP contribution in [0.1, 0.15) is 70.9 Å². The average molecular weight is 366 g/mol. The Morgan fingerprint density at radius 3 is 2.72 bits per heavy atom. The van der Waals surface area contributed by atoms with E-state index in [1.54, 1.807) is 17.7 Å². The zero-order valence-electron chi connectivity index (χ0n) is 15.7. The minimum atomic E-state index is -0.188. The van der Waals surface area contributed by atoms with Crippen LogP contribution in [0.15, 0.2) is 16.0 Å². The predicted molar refractivity (Wildman–Crippen MR) is 103 cm³/mol. The highest BCUT2D eigenvalue weighted by Gasteiger charge is 2.25. The van der Waals surface area contributed by atoms with Crippen molar-refractivity contribution in [2.24, 2.45) is 7.05 Å². The first-order chi connectivity index (χ1) is 12.0. The van der Waals surface area contributed by atoms with Gasteiger partial charge in [0.15, 0.2) is 5.16 Å². The lowest BCUT2D eigenvalue weighted by Gasteiger charge is -2.25. The molecular formula is C19H31N3O2S. The zero-order chi connectivity index (χ0) is 18.2. The topological polar surface area (TPSA) is 64.0 Å². The first kappa shape index (κ1) is 20.0. The normalized spacial score (nSPS) is 16.6. The van der Waals surface area contributed by atoms with Gasteiger partial charge >= 0.3 is 0 Å². The highest BCUT2D eigenvalue weighted by atomic mass is 32.2. The van der Waals surface area contributed by atoms with E-state index in [-0.39, 0.29) is 16.7 Å². The number of hydrogen-bond acceptors (Lipinski definition) is 4. The molecule has 1 fully saturated rings. The third-order valence-corrected chi connectivity index (χ3v) is 6.13. The standard InChI is InChI=1S/C19H31N3O2S/c1-4-6-12-16(18(24)20-15-10-8-7-9-11-15)25-19-21-14(5-2)13-17(23)22(19)3/h13,15-16H,4-12H2,1-3H3,(H,20,24). The van der Waals surface area contributed by atoms with E-state index in [1.165, 1.54) is 31.0 Å². The maximum Gasteiger partial charge on any atom is 0.254 e. The molecule has 1 heterocycles. The first-order valence-corrected chi connectivity index (χ1v) is 10.5. The minimum absolute atomic E-state index is 0.0590. The molecule has 2 rings (SSSR count). The maximum absolute atomic E-state index is 12.8. The molecule has 0 bridgehead atoms. The molecule has 0 saturated heterocycles. The molecule has 1 aromatic rings. The van der Waals surface area contributed by atoms with Crippen LogP contribution in [0.25, 0.3) is 0 Å². The molecule has 0 aliphatic heterocycles. The summed E-state index contributed by atoms with van der Waals surface area (Å²) in [5.74, 6) is 0.0986. The number of carbonyl (C=O) groups is 1. The summed E-state index contributed by atoms with van der Waals surface area (Å²) >= 11 is 1.44. The van der Waals surface area contributed by atoms with Gasteiger partial charge in [0, 0.05) is 24.8 Å². The monoisotopic (exact) mass is 365 g/mol. The fourth-order valence-electron chi connectivity index (χ4n) is 3.15. The van der Waals surface area contributed by atoms with E-state index in [2.05, 4.69) is 17.2 Å². The van der Waals surface area contributed by atoms with Crippen LogP contribution in [0.4, 0.5) is 0 Å². The highest BCUT2D eigenvalue weighted by molar-refractivity contribution is 8.00. The summed E-state index contributed by atoms with van der Waals surface area (Å²) in [5, 5.41) is 3.69. The van der Waals surface area contributed by atoms with Crippen molar-refractivity contribution in [3.8, 4) is 0 Å². The van der Waals surface area contributed by atoms with Gasteiger partial charge in [-0.25, -0.2) is 4.98 Å². The van der Waals surface area contributed by atoms with E-state index >= 15 is 0 Å². The molecule has 5 nitrogen and oxygen atoms in total. The third kappa shape index (κ3) is 5.87. The summed E-state index contributed by atoms with van der Waals surface area (Å²) in [6.45, 7) is 4.12. The molecule has 140 valence electrons. The Morgan fingerprint density at radius 2 is 2.08 bits per heavy atom. The lowest BCUT2D eigenvalue weighted by atomic mass is 9.95. The summed E-state index contributed by atoms with van der Waals surface area (Å²) in [5.41, 5.74) is 0.726. The van der Waals surface area contributed by atoms with Crippen LogP contribution in [0, 0.1) is 0 Å². The van der Waals surface area contributed by atoms with Crippen molar-refractivity contribution in [1.82, 2.24) is 14.9 Å². The molecular weight excluding hydrogens is 334 g/mol. The van der Waals surface area contributed by atoms with Gasteiger partial charge < -0.3 is 5.32 Å². The van der Waals surface area contributed by atoms with E-state index in [1.807, 2.05) is 6.92 Å². The van der Waals surface area contributed by atoms with Gasteiger partial charge in [-0.2, -0.15) is 0 Å². The van der Waals surface area contributed by atoms with Crippen molar-refractivity contribution in [2.75, 3.05) is 0 Å². The van der Waals surface area contributed by atoms with Gasteiger partial charge in [0.1, 0.15) is 0 Å². The average Bonchev–Trinajstić information content (AvgIpc) is 2.62. The Labute approximate surface area is 155 Å². The molecule has 0 radical (unpaired) electrons. The van der Waals surface area contributed by atoms with Crippen molar-refractivity contribution < 1.29 is 4.79 Å². The third-order valence-electron chi connectivity index (χ3n) is 4.82. The van der Waals surface area contributed by atoms with Gasteiger partial charge in [-0.3, -0.25) is 14.2 Å².